The first kappa shape index (κ1) is 28.1. The first-order chi connectivity index (χ1) is 14.2. The van der Waals surface area contributed by atoms with E-state index in [1.807, 2.05) is 0 Å². The number of carbonyl (C=O) groups excluding carboxylic acids is 2. The molecule has 30 heavy (non-hydrogen) atoms. The standard InChI is InChI=1S/C17H34N6O6S/c18-6-1-2-7-20-8-3-9-21-23(10-15(25)26)16(27)13(11-30)22-14(24)5-4-12(19)17(28)29/h12-13,20-21,30H,1-11,18-19H2,(H,22,24)(H,25,26)(H,28,29). The molecule has 0 rings (SSSR count). The van der Waals surface area contributed by atoms with Crippen LogP contribution in [0.5, 0.6) is 0 Å². The van der Waals surface area contributed by atoms with Crippen molar-refractivity contribution in [3.63, 3.8) is 0 Å². The number of hydrazine groups is 1. The van der Waals surface area contributed by atoms with E-state index in [-0.39, 0.29) is 18.6 Å². The second-order valence-corrected chi connectivity index (χ2v) is 6.98. The van der Waals surface area contributed by atoms with Crippen molar-refractivity contribution in [2.45, 2.75) is 44.2 Å². The molecule has 9 N–H and O–H groups in total. The van der Waals surface area contributed by atoms with E-state index in [2.05, 4.69) is 28.7 Å². The van der Waals surface area contributed by atoms with E-state index in [9.17, 15) is 19.2 Å². The van der Waals surface area contributed by atoms with Gasteiger partial charge < -0.3 is 32.3 Å². The Morgan fingerprint density at radius 3 is 2.27 bits per heavy atom. The SMILES string of the molecule is NCCCCNCCCNN(CC(=O)O)C(=O)C(CS)NC(=O)CCC(N)C(=O)O. The number of nitrogens with one attached hydrogen (secondary N) is 3. The van der Waals surface area contributed by atoms with Gasteiger partial charge in [-0.25, -0.2) is 5.43 Å². The molecule has 0 aromatic heterocycles. The Kier molecular flexibility index (Phi) is 15.7. The first-order valence-corrected chi connectivity index (χ1v) is 10.4. The largest absolute Gasteiger partial charge is 0.480 e. The molecule has 13 heteroatoms. The Morgan fingerprint density at radius 1 is 1.03 bits per heavy atom. The lowest BCUT2D eigenvalue weighted by molar-refractivity contribution is -0.148. The number of nitrogens with two attached hydrogens (primary N) is 2. The maximum absolute atomic E-state index is 12.6. The zero-order chi connectivity index (χ0) is 22.9. The van der Waals surface area contributed by atoms with Crippen LogP contribution in [0.15, 0.2) is 0 Å². The number of aliphatic carboxylic acids is 2. The highest BCUT2D eigenvalue weighted by molar-refractivity contribution is 7.80. The predicted octanol–water partition coefficient (Wildman–Crippen LogP) is -2.27. The molecule has 0 saturated carbocycles. The van der Waals surface area contributed by atoms with E-state index in [0.717, 1.165) is 24.4 Å². The zero-order valence-electron chi connectivity index (χ0n) is 17.0. The van der Waals surface area contributed by atoms with E-state index in [0.29, 0.717) is 26.1 Å². The summed E-state index contributed by atoms with van der Waals surface area (Å²) in [7, 11) is 0. The Balaban J connectivity index is 4.55. The molecule has 0 aliphatic rings. The van der Waals surface area contributed by atoms with Crippen LogP contribution in [0.4, 0.5) is 0 Å². The minimum absolute atomic E-state index is 0.0595. The number of nitrogens with zero attached hydrogens (tertiary/aromatic N) is 1. The molecule has 0 aliphatic carbocycles. The van der Waals surface area contributed by atoms with E-state index in [1.165, 1.54) is 0 Å². The molecule has 2 unspecified atom stereocenters. The molecule has 0 radical (unpaired) electrons. The van der Waals surface area contributed by atoms with Crippen molar-refractivity contribution in [1.82, 2.24) is 21.1 Å². The van der Waals surface area contributed by atoms with Crippen molar-refractivity contribution in [2.75, 3.05) is 38.5 Å². The van der Waals surface area contributed by atoms with Crippen molar-refractivity contribution in [1.29, 1.82) is 0 Å². The molecule has 0 saturated heterocycles. The van der Waals surface area contributed by atoms with E-state index < -0.39 is 42.4 Å². The highest BCUT2D eigenvalue weighted by atomic mass is 32.1. The van der Waals surface area contributed by atoms with E-state index in [1.54, 1.807) is 0 Å². The third-order valence-electron chi connectivity index (χ3n) is 4.02. The number of thiol groups is 1. The number of carboxylic acid groups (broad SMARTS) is 2. The normalized spacial score (nSPS) is 12.8. The zero-order valence-corrected chi connectivity index (χ0v) is 17.9. The Bertz CT molecular complexity index is 553. The third kappa shape index (κ3) is 13.3. The summed E-state index contributed by atoms with van der Waals surface area (Å²) >= 11 is 4.05. The molecule has 0 aliphatic heterocycles. The van der Waals surface area contributed by atoms with Crippen LogP contribution in [-0.4, -0.2) is 89.5 Å². The fraction of sp³-hybridized carbons (Fsp3) is 0.765. The number of carboxylic acids is 2. The van der Waals surface area contributed by atoms with Crippen molar-refractivity contribution >= 4 is 36.4 Å². The van der Waals surface area contributed by atoms with Gasteiger partial charge in [0.1, 0.15) is 18.6 Å². The number of hydrogen-bond donors (Lipinski definition) is 8. The molecule has 0 aromatic rings. The second kappa shape index (κ2) is 16.8. The van der Waals surface area contributed by atoms with Gasteiger partial charge in [0.25, 0.3) is 5.91 Å². The quantitative estimate of drug-likeness (QED) is 0.0639. The summed E-state index contributed by atoms with van der Waals surface area (Å²) in [5.41, 5.74) is 13.5. The summed E-state index contributed by atoms with van der Waals surface area (Å²) in [6, 6.07) is -2.25. The van der Waals surface area contributed by atoms with E-state index in [4.69, 9.17) is 21.7 Å². The Morgan fingerprint density at radius 2 is 1.70 bits per heavy atom. The van der Waals surface area contributed by atoms with Gasteiger partial charge in [-0.1, -0.05) is 0 Å². The van der Waals surface area contributed by atoms with Crippen molar-refractivity contribution in [3.05, 3.63) is 0 Å². The summed E-state index contributed by atoms with van der Waals surface area (Å²) in [6.45, 7) is 1.92. The molecule has 2 amide bonds. The topological polar surface area (TPSA) is 200 Å². The average Bonchev–Trinajstić information content (AvgIpc) is 2.70. The highest BCUT2D eigenvalue weighted by Gasteiger charge is 2.26. The van der Waals surface area contributed by atoms with Crippen LogP contribution < -0.4 is 27.5 Å². The van der Waals surface area contributed by atoms with Gasteiger partial charge in [0.15, 0.2) is 0 Å². The van der Waals surface area contributed by atoms with Gasteiger partial charge in [0, 0.05) is 18.7 Å². The van der Waals surface area contributed by atoms with Gasteiger partial charge in [-0.3, -0.25) is 24.2 Å². The van der Waals surface area contributed by atoms with Gasteiger partial charge >= 0.3 is 11.9 Å². The summed E-state index contributed by atoms with van der Waals surface area (Å²) < 4.78 is 0. The summed E-state index contributed by atoms with van der Waals surface area (Å²) in [4.78, 5) is 46.4. The van der Waals surface area contributed by atoms with Crippen LogP contribution in [0.1, 0.15) is 32.1 Å². The van der Waals surface area contributed by atoms with Gasteiger partial charge in [0.05, 0.1) is 0 Å². The van der Waals surface area contributed by atoms with Crippen LogP contribution in [0.25, 0.3) is 0 Å². The Labute approximate surface area is 181 Å². The van der Waals surface area contributed by atoms with Crippen LogP contribution in [0, 0.1) is 0 Å². The number of amides is 2. The maximum atomic E-state index is 12.6. The summed E-state index contributed by atoms with van der Waals surface area (Å²) in [6.07, 6.45) is 2.27. The summed E-state index contributed by atoms with van der Waals surface area (Å²) in [5.74, 6) is -3.73. The number of unbranched alkanes of at least 4 members (excludes halogenated alkanes) is 1. The van der Waals surface area contributed by atoms with Crippen molar-refractivity contribution in [2.24, 2.45) is 11.5 Å². The molecule has 0 aromatic carbocycles. The first-order valence-electron chi connectivity index (χ1n) is 9.79. The molecule has 174 valence electrons. The molecule has 0 spiro atoms. The average molecular weight is 451 g/mol. The molecular formula is C17H34N6O6S. The van der Waals surface area contributed by atoms with Gasteiger partial charge in [-0.2, -0.15) is 12.6 Å². The maximum Gasteiger partial charge on any atom is 0.324 e. The minimum atomic E-state index is -1.23. The molecule has 0 fully saturated rings. The van der Waals surface area contributed by atoms with Crippen molar-refractivity contribution in [3.8, 4) is 0 Å². The monoisotopic (exact) mass is 450 g/mol. The molecule has 12 nitrogen and oxygen atoms in total. The Hall–Kier alpha value is -1.93. The molecule has 2 atom stereocenters. The molecule has 0 bridgehead atoms. The van der Waals surface area contributed by atoms with Gasteiger partial charge in [0.2, 0.25) is 5.91 Å². The lowest BCUT2D eigenvalue weighted by Gasteiger charge is -2.26. The molecular weight excluding hydrogens is 416 g/mol. The lowest BCUT2D eigenvalue weighted by atomic mass is 10.1. The third-order valence-corrected chi connectivity index (χ3v) is 4.38. The van der Waals surface area contributed by atoms with Crippen LogP contribution in [-0.2, 0) is 19.2 Å². The minimum Gasteiger partial charge on any atom is -0.480 e. The van der Waals surface area contributed by atoms with Crippen LogP contribution >= 0.6 is 12.6 Å². The number of hydrogen-bond acceptors (Lipinski definition) is 9. The lowest BCUT2D eigenvalue weighted by Crippen LogP contribution is -2.55. The highest BCUT2D eigenvalue weighted by Crippen LogP contribution is 2.00. The second-order valence-electron chi connectivity index (χ2n) is 6.61. The number of rotatable bonds is 18. The number of carbonyl (C=O) groups is 4. The van der Waals surface area contributed by atoms with Gasteiger partial charge in [-0.05, 0) is 45.3 Å². The van der Waals surface area contributed by atoms with Crippen LogP contribution in [0.3, 0.4) is 0 Å². The van der Waals surface area contributed by atoms with E-state index >= 15 is 0 Å². The molecule has 0 heterocycles. The van der Waals surface area contributed by atoms with Crippen molar-refractivity contribution < 1.29 is 29.4 Å². The summed E-state index contributed by atoms with van der Waals surface area (Å²) in [5, 5.41) is 24.4. The van der Waals surface area contributed by atoms with Gasteiger partial charge in [-0.15, -0.1) is 0 Å². The smallest absolute Gasteiger partial charge is 0.324 e. The predicted molar refractivity (Wildman–Crippen MR) is 114 cm³/mol. The fourth-order valence-electron chi connectivity index (χ4n) is 2.34. The fourth-order valence-corrected chi connectivity index (χ4v) is 2.59. The van der Waals surface area contributed by atoms with Crippen LogP contribution in [0.2, 0.25) is 0 Å².